The molecule has 0 atom stereocenters. The van der Waals surface area contributed by atoms with E-state index in [2.05, 4.69) is 22.0 Å². The SMILES string of the molecule is CCCC(=O)c1ccn(Cc2ccccc2Br)c1. The van der Waals surface area contributed by atoms with Gasteiger partial charge in [0.1, 0.15) is 0 Å². The van der Waals surface area contributed by atoms with Crippen molar-refractivity contribution in [3.8, 4) is 0 Å². The van der Waals surface area contributed by atoms with Crippen LogP contribution in [0.5, 0.6) is 0 Å². The van der Waals surface area contributed by atoms with E-state index < -0.39 is 0 Å². The van der Waals surface area contributed by atoms with E-state index in [1.165, 1.54) is 5.56 Å². The minimum atomic E-state index is 0.225. The second-order valence-electron chi connectivity index (χ2n) is 4.34. The van der Waals surface area contributed by atoms with Gasteiger partial charge in [0.05, 0.1) is 0 Å². The molecule has 0 aliphatic heterocycles. The third-order valence-electron chi connectivity index (χ3n) is 2.86. The van der Waals surface area contributed by atoms with Crippen molar-refractivity contribution in [3.05, 3.63) is 58.3 Å². The average Bonchev–Trinajstić information content (AvgIpc) is 2.81. The molecule has 0 aliphatic rings. The lowest BCUT2D eigenvalue weighted by atomic mass is 10.1. The fourth-order valence-electron chi connectivity index (χ4n) is 1.90. The number of carbonyl (C=O) groups is 1. The van der Waals surface area contributed by atoms with Crippen LogP contribution in [-0.2, 0) is 6.54 Å². The molecule has 0 fully saturated rings. The fraction of sp³-hybridized carbons (Fsp3) is 0.267. The van der Waals surface area contributed by atoms with Gasteiger partial charge in [0.2, 0.25) is 0 Å². The van der Waals surface area contributed by atoms with Gasteiger partial charge in [-0.05, 0) is 24.1 Å². The molecule has 0 bridgehead atoms. The molecular formula is C15H16BrNO. The highest BCUT2D eigenvalue weighted by molar-refractivity contribution is 9.10. The second-order valence-corrected chi connectivity index (χ2v) is 5.19. The Labute approximate surface area is 116 Å². The summed E-state index contributed by atoms with van der Waals surface area (Å²) < 4.78 is 3.14. The van der Waals surface area contributed by atoms with Crippen molar-refractivity contribution in [2.75, 3.05) is 0 Å². The Balaban J connectivity index is 2.12. The normalized spacial score (nSPS) is 10.6. The highest BCUT2D eigenvalue weighted by atomic mass is 79.9. The van der Waals surface area contributed by atoms with E-state index in [-0.39, 0.29) is 5.78 Å². The van der Waals surface area contributed by atoms with Crippen LogP contribution in [0.2, 0.25) is 0 Å². The first-order valence-electron chi connectivity index (χ1n) is 6.13. The minimum Gasteiger partial charge on any atom is -0.349 e. The summed E-state index contributed by atoms with van der Waals surface area (Å²) in [6, 6.07) is 10.0. The van der Waals surface area contributed by atoms with E-state index in [4.69, 9.17) is 0 Å². The Bertz CT molecular complexity index is 545. The Morgan fingerprint density at radius 2 is 2.06 bits per heavy atom. The number of halogens is 1. The van der Waals surface area contributed by atoms with Crippen molar-refractivity contribution >= 4 is 21.7 Å². The van der Waals surface area contributed by atoms with Gasteiger partial charge in [0, 0.05) is 35.4 Å². The third kappa shape index (κ3) is 3.10. The topological polar surface area (TPSA) is 22.0 Å². The average molecular weight is 306 g/mol. The molecule has 0 N–H and O–H groups in total. The Hall–Kier alpha value is -1.35. The predicted molar refractivity (Wildman–Crippen MR) is 76.9 cm³/mol. The summed E-state index contributed by atoms with van der Waals surface area (Å²) >= 11 is 3.53. The van der Waals surface area contributed by atoms with Crippen LogP contribution in [0.25, 0.3) is 0 Å². The molecule has 0 saturated carbocycles. The second kappa shape index (κ2) is 6.01. The van der Waals surface area contributed by atoms with Gasteiger partial charge in [-0.15, -0.1) is 0 Å². The first kappa shape index (κ1) is 13.1. The third-order valence-corrected chi connectivity index (χ3v) is 3.63. The Kier molecular flexibility index (Phi) is 4.37. The van der Waals surface area contributed by atoms with Crippen molar-refractivity contribution in [3.63, 3.8) is 0 Å². The molecule has 18 heavy (non-hydrogen) atoms. The first-order valence-corrected chi connectivity index (χ1v) is 6.92. The van der Waals surface area contributed by atoms with Gasteiger partial charge in [0.25, 0.3) is 0 Å². The number of benzene rings is 1. The standard InChI is InChI=1S/C15H16BrNO/c1-2-5-15(18)13-8-9-17(11-13)10-12-6-3-4-7-14(12)16/h3-4,6-9,11H,2,5,10H2,1H3. The number of hydrogen-bond acceptors (Lipinski definition) is 1. The van der Waals surface area contributed by atoms with Gasteiger partial charge in [-0.2, -0.15) is 0 Å². The quantitative estimate of drug-likeness (QED) is 0.756. The maximum Gasteiger partial charge on any atom is 0.164 e. The smallest absolute Gasteiger partial charge is 0.164 e. The summed E-state index contributed by atoms with van der Waals surface area (Å²) in [4.78, 5) is 11.8. The van der Waals surface area contributed by atoms with Gasteiger partial charge in [-0.1, -0.05) is 41.1 Å². The Morgan fingerprint density at radius 1 is 1.28 bits per heavy atom. The van der Waals surface area contributed by atoms with E-state index in [1.807, 2.05) is 48.1 Å². The summed E-state index contributed by atoms with van der Waals surface area (Å²) in [5, 5.41) is 0. The number of hydrogen-bond donors (Lipinski definition) is 0. The number of aromatic nitrogens is 1. The van der Waals surface area contributed by atoms with E-state index in [0.29, 0.717) is 6.42 Å². The lowest BCUT2D eigenvalue weighted by molar-refractivity contribution is 0.0981. The molecule has 1 heterocycles. The van der Waals surface area contributed by atoms with Crippen LogP contribution >= 0.6 is 15.9 Å². The molecule has 0 unspecified atom stereocenters. The molecule has 0 radical (unpaired) electrons. The number of nitrogens with zero attached hydrogens (tertiary/aromatic N) is 1. The van der Waals surface area contributed by atoms with Gasteiger partial charge in [-0.3, -0.25) is 4.79 Å². The minimum absolute atomic E-state index is 0.225. The number of carbonyl (C=O) groups excluding carboxylic acids is 1. The first-order chi connectivity index (χ1) is 8.70. The van der Waals surface area contributed by atoms with Crippen LogP contribution in [0.4, 0.5) is 0 Å². The number of ketones is 1. The van der Waals surface area contributed by atoms with Crippen LogP contribution in [0.15, 0.2) is 47.2 Å². The zero-order valence-corrected chi connectivity index (χ0v) is 12.0. The summed E-state index contributed by atoms with van der Waals surface area (Å²) in [5.74, 6) is 0.225. The van der Waals surface area contributed by atoms with Crippen LogP contribution in [0, 0.1) is 0 Å². The van der Waals surface area contributed by atoms with E-state index >= 15 is 0 Å². The highest BCUT2D eigenvalue weighted by Crippen LogP contribution is 2.17. The maximum atomic E-state index is 11.8. The van der Waals surface area contributed by atoms with Crippen LogP contribution in [0.3, 0.4) is 0 Å². The van der Waals surface area contributed by atoms with Crippen molar-refractivity contribution < 1.29 is 4.79 Å². The van der Waals surface area contributed by atoms with Gasteiger partial charge in [-0.25, -0.2) is 0 Å². The van der Waals surface area contributed by atoms with Crippen LogP contribution < -0.4 is 0 Å². The van der Waals surface area contributed by atoms with Crippen LogP contribution in [0.1, 0.15) is 35.7 Å². The molecule has 2 rings (SSSR count). The van der Waals surface area contributed by atoms with Crippen molar-refractivity contribution in [2.24, 2.45) is 0 Å². The summed E-state index contributed by atoms with van der Waals surface area (Å²) in [6.45, 7) is 2.80. The molecule has 0 aliphatic carbocycles. The van der Waals surface area contributed by atoms with Gasteiger partial charge < -0.3 is 4.57 Å². The fourth-order valence-corrected chi connectivity index (χ4v) is 2.31. The van der Waals surface area contributed by atoms with E-state index in [0.717, 1.165) is 23.0 Å². The molecule has 3 heteroatoms. The molecule has 94 valence electrons. The summed E-state index contributed by atoms with van der Waals surface area (Å²) in [7, 11) is 0. The molecule has 2 aromatic rings. The number of rotatable bonds is 5. The molecule has 1 aromatic heterocycles. The molecule has 0 spiro atoms. The van der Waals surface area contributed by atoms with Crippen LogP contribution in [-0.4, -0.2) is 10.4 Å². The molecule has 0 saturated heterocycles. The zero-order chi connectivity index (χ0) is 13.0. The Morgan fingerprint density at radius 3 is 2.78 bits per heavy atom. The van der Waals surface area contributed by atoms with E-state index in [1.54, 1.807) is 0 Å². The molecular weight excluding hydrogens is 290 g/mol. The van der Waals surface area contributed by atoms with Gasteiger partial charge >= 0.3 is 0 Å². The lowest BCUT2D eigenvalue weighted by Crippen LogP contribution is -1.99. The summed E-state index contributed by atoms with van der Waals surface area (Å²) in [5.41, 5.74) is 2.02. The molecule has 2 nitrogen and oxygen atoms in total. The lowest BCUT2D eigenvalue weighted by Gasteiger charge is -2.05. The van der Waals surface area contributed by atoms with Crippen molar-refractivity contribution in [1.82, 2.24) is 4.57 Å². The monoisotopic (exact) mass is 305 g/mol. The van der Waals surface area contributed by atoms with Crippen molar-refractivity contribution in [1.29, 1.82) is 0 Å². The highest BCUT2D eigenvalue weighted by Gasteiger charge is 2.07. The molecule has 0 amide bonds. The van der Waals surface area contributed by atoms with Gasteiger partial charge in [0.15, 0.2) is 5.78 Å². The maximum absolute atomic E-state index is 11.8. The summed E-state index contributed by atoms with van der Waals surface area (Å²) in [6.07, 6.45) is 5.41. The largest absolute Gasteiger partial charge is 0.349 e. The molecule has 1 aromatic carbocycles. The number of Topliss-reactive ketones (excluding diaryl/α,β-unsaturated/α-hetero) is 1. The zero-order valence-electron chi connectivity index (χ0n) is 10.4. The predicted octanol–water partition coefficient (Wildman–Crippen LogP) is 4.28. The van der Waals surface area contributed by atoms with Crippen molar-refractivity contribution in [2.45, 2.75) is 26.3 Å². The van der Waals surface area contributed by atoms with E-state index in [9.17, 15) is 4.79 Å².